The first kappa shape index (κ1) is 9.26. The fraction of sp³-hybridized carbons (Fsp3) is 0.571. The predicted molar refractivity (Wildman–Crippen MR) is 52.7 cm³/mol. The maximum absolute atomic E-state index is 4.23. The molecule has 0 N–H and O–H groups in total. The van der Waals surface area contributed by atoms with Gasteiger partial charge >= 0.3 is 0 Å². The summed E-state index contributed by atoms with van der Waals surface area (Å²) in [5.74, 6) is 0. The van der Waals surface area contributed by atoms with E-state index in [2.05, 4.69) is 55.3 Å². The molecule has 0 aliphatic rings. The van der Waals surface area contributed by atoms with Crippen molar-refractivity contribution >= 4 is 31.9 Å². The molecule has 0 saturated carbocycles. The summed E-state index contributed by atoms with van der Waals surface area (Å²) < 4.78 is 3.93. The number of hydrogen-bond acceptors (Lipinski definition) is 1. The van der Waals surface area contributed by atoms with Crippen LogP contribution in [-0.2, 0) is 0 Å². The Labute approximate surface area is 83.3 Å². The average Bonchev–Trinajstić information content (AvgIpc) is 2.07. The lowest BCUT2D eigenvalue weighted by molar-refractivity contribution is 0.573. The summed E-state index contributed by atoms with van der Waals surface area (Å²) in [5.41, 5.74) is 1.16. The van der Waals surface area contributed by atoms with E-state index in [1.807, 2.05) is 6.92 Å². The highest BCUT2D eigenvalue weighted by Crippen LogP contribution is 2.24. The SMILES string of the molecule is Cc1c(Br)nc(Br)n1C(C)C. The van der Waals surface area contributed by atoms with Crippen LogP contribution in [0.2, 0.25) is 0 Å². The van der Waals surface area contributed by atoms with E-state index in [-0.39, 0.29) is 0 Å². The van der Waals surface area contributed by atoms with Crippen LogP contribution in [0.1, 0.15) is 25.6 Å². The van der Waals surface area contributed by atoms with Crippen LogP contribution in [0.25, 0.3) is 0 Å². The summed E-state index contributed by atoms with van der Waals surface area (Å²) in [4.78, 5) is 4.23. The molecule has 0 aromatic carbocycles. The van der Waals surface area contributed by atoms with Crippen LogP contribution in [-0.4, -0.2) is 9.55 Å². The minimum absolute atomic E-state index is 0.447. The van der Waals surface area contributed by atoms with Crippen LogP contribution < -0.4 is 0 Å². The number of rotatable bonds is 1. The number of nitrogens with zero attached hydrogens (tertiary/aromatic N) is 2. The normalized spacial score (nSPS) is 11.1. The molecule has 1 aromatic rings. The van der Waals surface area contributed by atoms with Gasteiger partial charge in [-0.1, -0.05) is 0 Å². The highest BCUT2D eigenvalue weighted by molar-refractivity contribution is 9.11. The first-order valence-electron chi connectivity index (χ1n) is 3.44. The third-order valence-corrected chi connectivity index (χ3v) is 2.88. The van der Waals surface area contributed by atoms with Gasteiger partial charge in [0.2, 0.25) is 0 Å². The fourth-order valence-corrected chi connectivity index (χ4v) is 2.50. The van der Waals surface area contributed by atoms with Crippen LogP contribution in [0, 0.1) is 6.92 Å². The van der Waals surface area contributed by atoms with E-state index in [1.165, 1.54) is 0 Å². The van der Waals surface area contributed by atoms with Gasteiger partial charge in [-0.3, -0.25) is 0 Å². The third-order valence-electron chi connectivity index (χ3n) is 1.57. The van der Waals surface area contributed by atoms with Crippen LogP contribution in [0.5, 0.6) is 0 Å². The Morgan fingerprint density at radius 1 is 1.36 bits per heavy atom. The van der Waals surface area contributed by atoms with E-state index in [1.54, 1.807) is 0 Å². The van der Waals surface area contributed by atoms with Gasteiger partial charge in [0.15, 0.2) is 4.73 Å². The van der Waals surface area contributed by atoms with Crippen LogP contribution >= 0.6 is 31.9 Å². The van der Waals surface area contributed by atoms with Crippen molar-refractivity contribution in [2.45, 2.75) is 26.8 Å². The Balaban J connectivity index is 3.22. The van der Waals surface area contributed by atoms with Crippen molar-refractivity contribution in [1.82, 2.24) is 9.55 Å². The van der Waals surface area contributed by atoms with Gasteiger partial charge in [-0.05, 0) is 52.6 Å². The van der Waals surface area contributed by atoms with Crippen molar-refractivity contribution in [3.05, 3.63) is 15.0 Å². The third kappa shape index (κ3) is 1.67. The zero-order valence-electron chi connectivity index (χ0n) is 6.73. The number of aromatic nitrogens is 2. The van der Waals surface area contributed by atoms with E-state index in [4.69, 9.17) is 0 Å². The van der Waals surface area contributed by atoms with Crippen LogP contribution in [0.4, 0.5) is 0 Å². The first-order chi connectivity index (χ1) is 5.04. The number of hydrogen-bond donors (Lipinski definition) is 0. The van der Waals surface area contributed by atoms with E-state index in [9.17, 15) is 0 Å². The van der Waals surface area contributed by atoms with Gasteiger partial charge in [0.05, 0.1) is 5.69 Å². The second-order valence-corrected chi connectivity index (χ2v) is 4.18. The summed E-state index contributed by atoms with van der Waals surface area (Å²) in [6, 6.07) is 0.447. The molecular formula is C7H10Br2N2. The largest absolute Gasteiger partial charge is 0.319 e. The van der Waals surface area contributed by atoms with E-state index >= 15 is 0 Å². The highest BCUT2D eigenvalue weighted by atomic mass is 79.9. The number of halogens is 2. The molecule has 0 spiro atoms. The first-order valence-corrected chi connectivity index (χ1v) is 5.02. The molecule has 0 atom stereocenters. The molecule has 1 aromatic heterocycles. The van der Waals surface area contributed by atoms with E-state index < -0.39 is 0 Å². The molecular weight excluding hydrogens is 272 g/mol. The Morgan fingerprint density at radius 3 is 2.09 bits per heavy atom. The second kappa shape index (κ2) is 3.27. The lowest BCUT2D eigenvalue weighted by atomic mass is 10.4. The molecule has 4 heteroatoms. The Morgan fingerprint density at radius 2 is 1.91 bits per heavy atom. The van der Waals surface area contributed by atoms with Gasteiger partial charge in [0.1, 0.15) is 4.60 Å². The van der Waals surface area contributed by atoms with Crippen LogP contribution in [0.15, 0.2) is 9.34 Å². The fourth-order valence-electron chi connectivity index (χ4n) is 1.05. The summed E-state index contributed by atoms with van der Waals surface area (Å²) in [5, 5.41) is 0. The summed E-state index contributed by atoms with van der Waals surface area (Å²) in [6.45, 7) is 6.31. The summed E-state index contributed by atoms with van der Waals surface area (Å²) >= 11 is 6.76. The topological polar surface area (TPSA) is 17.8 Å². The molecule has 0 amide bonds. The number of imidazole rings is 1. The standard InChI is InChI=1S/C7H10Br2N2/c1-4(2)11-5(3)6(8)10-7(11)9/h4H,1-3H3. The molecule has 1 rings (SSSR count). The lowest BCUT2D eigenvalue weighted by Gasteiger charge is -2.09. The van der Waals surface area contributed by atoms with E-state index in [0.717, 1.165) is 15.0 Å². The van der Waals surface area contributed by atoms with Gasteiger partial charge in [-0.25, -0.2) is 4.98 Å². The molecule has 62 valence electrons. The molecule has 0 bridgehead atoms. The quantitative estimate of drug-likeness (QED) is 0.772. The van der Waals surface area contributed by atoms with Gasteiger partial charge in [-0.15, -0.1) is 0 Å². The molecule has 2 nitrogen and oxygen atoms in total. The summed E-state index contributed by atoms with van der Waals surface area (Å²) in [7, 11) is 0. The molecule has 11 heavy (non-hydrogen) atoms. The lowest BCUT2D eigenvalue weighted by Crippen LogP contribution is -2.02. The maximum Gasteiger partial charge on any atom is 0.178 e. The Bertz CT molecular complexity index is 266. The smallest absolute Gasteiger partial charge is 0.178 e. The monoisotopic (exact) mass is 280 g/mol. The average molecular weight is 282 g/mol. The summed E-state index contributed by atoms with van der Waals surface area (Å²) in [6.07, 6.45) is 0. The molecule has 0 aliphatic carbocycles. The second-order valence-electron chi connectivity index (χ2n) is 2.72. The van der Waals surface area contributed by atoms with Crippen molar-refractivity contribution in [2.24, 2.45) is 0 Å². The molecule has 0 aliphatic heterocycles. The van der Waals surface area contributed by atoms with Crippen molar-refractivity contribution in [3.8, 4) is 0 Å². The molecule has 0 radical (unpaired) electrons. The predicted octanol–water partition coefficient (Wildman–Crippen LogP) is 3.30. The zero-order chi connectivity index (χ0) is 8.59. The van der Waals surface area contributed by atoms with Crippen molar-refractivity contribution < 1.29 is 0 Å². The minimum Gasteiger partial charge on any atom is -0.319 e. The van der Waals surface area contributed by atoms with E-state index in [0.29, 0.717) is 6.04 Å². The molecule has 0 unspecified atom stereocenters. The molecule has 0 saturated heterocycles. The molecule has 0 fully saturated rings. The zero-order valence-corrected chi connectivity index (χ0v) is 9.90. The minimum atomic E-state index is 0.447. The van der Waals surface area contributed by atoms with Gasteiger partial charge in [-0.2, -0.15) is 0 Å². The highest BCUT2D eigenvalue weighted by Gasteiger charge is 2.11. The van der Waals surface area contributed by atoms with Crippen molar-refractivity contribution in [1.29, 1.82) is 0 Å². The Kier molecular flexibility index (Phi) is 2.75. The van der Waals surface area contributed by atoms with Gasteiger partial charge in [0, 0.05) is 6.04 Å². The van der Waals surface area contributed by atoms with Gasteiger partial charge < -0.3 is 4.57 Å². The molecule has 1 heterocycles. The van der Waals surface area contributed by atoms with Gasteiger partial charge in [0.25, 0.3) is 0 Å². The Hall–Kier alpha value is 0.170. The van der Waals surface area contributed by atoms with Crippen LogP contribution in [0.3, 0.4) is 0 Å². The van der Waals surface area contributed by atoms with Crippen molar-refractivity contribution in [2.75, 3.05) is 0 Å². The maximum atomic E-state index is 4.23. The van der Waals surface area contributed by atoms with Crippen molar-refractivity contribution in [3.63, 3.8) is 0 Å².